The van der Waals surface area contributed by atoms with Crippen molar-refractivity contribution in [3.63, 3.8) is 0 Å². The second kappa shape index (κ2) is 11.1. The molecule has 8 aromatic rings. The molecule has 3 heteroatoms. The highest BCUT2D eigenvalue weighted by molar-refractivity contribution is 6.50. The number of nitrogens with zero attached hydrogens (tertiary/aromatic N) is 2. The minimum Gasteiger partial charge on any atom is -0.297 e. The summed E-state index contributed by atoms with van der Waals surface area (Å²) in [5, 5.41) is 19.5. The van der Waals surface area contributed by atoms with Crippen molar-refractivity contribution in [1.29, 1.82) is 5.41 Å². The van der Waals surface area contributed by atoms with Gasteiger partial charge in [0, 0.05) is 10.8 Å². The van der Waals surface area contributed by atoms with Gasteiger partial charge in [-0.1, -0.05) is 127 Å². The Labute approximate surface area is 272 Å². The lowest BCUT2D eigenvalue weighted by molar-refractivity contribution is 1.02. The average molecular weight is 602 g/mol. The fraction of sp³-hybridized carbons (Fsp3) is 0.0455. The Morgan fingerprint density at radius 1 is 0.532 bits per heavy atom. The zero-order chi connectivity index (χ0) is 31.3. The third kappa shape index (κ3) is 4.59. The number of fused-ring (bicyclic) bond motifs is 8. The zero-order valence-corrected chi connectivity index (χ0v) is 25.8. The van der Waals surface area contributed by atoms with Gasteiger partial charge in [0.2, 0.25) is 0 Å². The van der Waals surface area contributed by atoms with E-state index in [2.05, 4.69) is 132 Å². The van der Waals surface area contributed by atoms with E-state index >= 15 is 0 Å². The summed E-state index contributed by atoms with van der Waals surface area (Å²) in [6.45, 7) is 0. The molecule has 222 valence electrons. The van der Waals surface area contributed by atoms with Gasteiger partial charge in [-0.15, -0.1) is 0 Å². The van der Waals surface area contributed by atoms with Gasteiger partial charge in [-0.05, 0) is 92.2 Å². The standard InChI is InChI=1S/C44H31N3/c45-43(33-21-18-30(19-22-33)35-23-20-29-10-4-5-13-34(29)28-35)44(46-36-14-2-1-3-15-36)47-39-26-24-31-11-6-8-16-37(31)41(39)42-38-17-9-7-12-32(38)25-27-40(42)47/h1-18,20-21,23-28,45H,19,22H2. The van der Waals surface area contributed by atoms with Crippen molar-refractivity contribution in [1.82, 2.24) is 4.57 Å². The predicted molar refractivity (Wildman–Crippen MR) is 200 cm³/mol. The quantitative estimate of drug-likeness (QED) is 0.154. The lowest BCUT2D eigenvalue weighted by Gasteiger charge is -2.19. The largest absolute Gasteiger partial charge is 0.297 e. The summed E-state index contributed by atoms with van der Waals surface area (Å²) in [7, 11) is 0. The maximum atomic E-state index is 9.77. The summed E-state index contributed by atoms with van der Waals surface area (Å²) in [5.41, 5.74) is 6.90. The minimum absolute atomic E-state index is 0.447. The molecule has 0 saturated carbocycles. The summed E-state index contributed by atoms with van der Waals surface area (Å²) in [6, 6.07) is 51.2. The van der Waals surface area contributed by atoms with Gasteiger partial charge < -0.3 is 0 Å². The van der Waals surface area contributed by atoms with Crippen LogP contribution in [-0.4, -0.2) is 16.1 Å². The third-order valence-corrected chi connectivity index (χ3v) is 9.56. The summed E-state index contributed by atoms with van der Waals surface area (Å²) in [5.74, 6) is 0.635. The van der Waals surface area contributed by atoms with Gasteiger partial charge in [0.15, 0.2) is 5.84 Å². The predicted octanol–water partition coefficient (Wildman–Crippen LogP) is 11.7. The van der Waals surface area contributed by atoms with Crippen molar-refractivity contribution in [2.75, 3.05) is 0 Å². The van der Waals surface area contributed by atoms with Crippen LogP contribution in [-0.2, 0) is 0 Å². The zero-order valence-electron chi connectivity index (χ0n) is 25.8. The molecule has 1 aliphatic rings. The van der Waals surface area contributed by atoms with Crippen LogP contribution in [0.25, 0.3) is 59.7 Å². The molecule has 0 aliphatic heterocycles. The monoisotopic (exact) mass is 601 g/mol. The molecule has 9 rings (SSSR count). The summed E-state index contributed by atoms with van der Waals surface area (Å²) < 4.78 is 2.22. The molecule has 1 aromatic heterocycles. The fourth-order valence-corrected chi connectivity index (χ4v) is 7.24. The van der Waals surface area contributed by atoms with Gasteiger partial charge in [0.1, 0.15) is 5.71 Å². The molecule has 47 heavy (non-hydrogen) atoms. The molecule has 7 aromatic carbocycles. The van der Waals surface area contributed by atoms with E-state index < -0.39 is 0 Å². The highest BCUT2D eigenvalue weighted by atomic mass is 15.1. The number of aromatic nitrogens is 1. The molecule has 0 fully saturated rings. The van der Waals surface area contributed by atoms with Crippen molar-refractivity contribution in [3.05, 3.63) is 169 Å². The van der Waals surface area contributed by atoms with E-state index in [0.717, 1.165) is 35.1 Å². The molecule has 1 aliphatic carbocycles. The molecular formula is C44H31N3. The van der Waals surface area contributed by atoms with E-state index in [1.807, 2.05) is 30.3 Å². The number of rotatable bonds is 4. The minimum atomic E-state index is 0.447. The smallest absolute Gasteiger partial charge is 0.163 e. The van der Waals surface area contributed by atoms with E-state index in [1.54, 1.807) is 0 Å². The van der Waals surface area contributed by atoms with E-state index in [0.29, 0.717) is 11.5 Å². The molecule has 1 heterocycles. The number of hydrogen-bond acceptors (Lipinski definition) is 2. The van der Waals surface area contributed by atoms with Crippen molar-refractivity contribution >= 4 is 76.9 Å². The maximum Gasteiger partial charge on any atom is 0.163 e. The summed E-state index contributed by atoms with van der Waals surface area (Å²) in [6.07, 6.45) is 5.97. The van der Waals surface area contributed by atoms with Crippen LogP contribution in [0.4, 0.5) is 5.69 Å². The van der Waals surface area contributed by atoms with E-state index in [9.17, 15) is 5.41 Å². The van der Waals surface area contributed by atoms with Gasteiger partial charge in [-0.3, -0.25) is 9.98 Å². The Hall–Kier alpha value is -6.06. The highest BCUT2D eigenvalue weighted by Gasteiger charge is 2.24. The van der Waals surface area contributed by atoms with Crippen LogP contribution in [0.3, 0.4) is 0 Å². The molecule has 0 atom stereocenters. The van der Waals surface area contributed by atoms with Crippen molar-refractivity contribution in [2.24, 2.45) is 4.99 Å². The van der Waals surface area contributed by atoms with Gasteiger partial charge >= 0.3 is 0 Å². The Balaban J connectivity index is 1.26. The Morgan fingerprint density at radius 3 is 1.74 bits per heavy atom. The Bertz CT molecular complexity index is 2540. The molecule has 0 spiro atoms. The first-order valence-electron chi connectivity index (χ1n) is 16.2. The normalized spacial score (nSPS) is 13.8. The van der Waals surface area contributed by atoms with Crippen LogP contribution in [0.5, 0.6) is 0 Å². The molecule has 1 N–H and O–H groups in total. The molecule has 3 nitrogen and oxygen atoms in total. The molecule has 0 saturated heterocycles. The SMILES string of the molecule is N=C(C1=CC=C(c2ccc3ccccc3c2)CC1)C(=Nc1ccccc1)n1c2ccc3ccccc3c2c2c3ccccc3ccc21. The van der Waals surface area contributed by atoms with Crippen LogP contribution < -0.4 is 0 Å². The highest BCUT2D eigenvalue weighted by Crippen LogP contribution is 2.40. The lowest BCUT2D eigenvalue weighted by Crippen LogP contribution is -2.24. The van der Waals surface area contributed by atoms with Crippen LogP contribution in [0.2, 0.25) is 0 Å². The van der Waals surface area contributed by atoms with Crippen LogP contribution in [0.1, 0.15) is 18.4 Å². The van der Waals surface area contributed by atoms with Crippen LogP contribution in [0.15, 0.2) is 168 Å². The number of benzene rings is 7. The van der Waals surface area contributed by atoms with Gasteiger partial charge in [-0.25, -0.2) is 4.99 Å². The van der Waals surface area contributed by atoms with Crippen molar-refractivity contribution in [2.45, 2.75) is 12.8 Å². The maximum absolute atomic E-state index is 9.77. The van der Waals surface area contributed by atoms with Crippen LogP contribution in [0, 0.1) is 5.41 Å². The van der Waals surface area contributed by atoms with Gasteiger partial charge in [0.25, 0.3) is 0 Å². The molecular weight excluding hydrogens is 571 g/mol. The summed E-state index contributed by atoms with van der Waals surface area (Å²) in [4.78, 5) is 5.24. The molecule has 0 bridgehead atoms. The van der Waals surface area contributed by atoms with E-state index in [-0.39, 0.29) is 0 Å². The number of para-hydroxylation sites is 1. The first-order chi connectivity index (χ1) is 23.2. The van der Waals surface area contributed by atoms with Crippen molar-refractivity contribution in [3.8, 4) is 0 Å². The summed E-state index contributed by atoms with van der Waals surface area (Å²) >= 11 is 0. The lowest BCUT2D eigenvalue weighted by atomic mass is 9.90. The van der Waals surface area contributed by atoms with Gasteiger partial charge in [-0.2, -0.15) is 0 Å². The topological polar surface area (TPSA) is 41.1 Å². The number of nitrogens with one attached hydrogen (secondary N) is 1. The van der Waals surface area contributed by atoms with E-state index in [4.69, 9.17) is 4.99 Å². The number of aliphatic imine (C=N–C) groups is 1. The molecule has 0 amide bonds. The van der Waals surface area contributed by atoms with Crippen LogP contribution >= 0.6 is 0 Å². The number of hydrogen-bond donors (Lipinski definition) is 1. The number of allylic oxidation sites excluding steroid dienone is 4. The second-order valence-corrected chi connectivity index (χ2v) is 12.3. The fourth-order valence-electron chi connectivity index (χ4n) is 7.24. The first-order valence-corrected chi connectivity index (χ1v) is 16.2. The Morgan fingerprint density at radius 2 is 1.11 bits per heavy atom. The van der Waals surface area contributed by atoms with Crippen molar-refractivity contribution < 1.29 is 0 Å². The van der Waals surface area contributed by atoms with Gasteiger partial charge in [0.05, 0.1) is 16.7 Å². The third-order valence-electron chi connectivity index (χ3n) is 9.56. The second-order valence-electron chi connectivity index (χ2n) is 12.3. The Kier molecular flexibility index (Phi) is 6.43. The first kappa shape index (κ1) is 27.3. The average Bonchev–Trinajstić information content (AvgIpc) is 3.49. The molecule has 0 unspecified atom stereocenters. The molecule has 0 radical (unpaired) electrons. The van der Waals surface area contributed by atoms with E-state index in [1.165, 1.54) is 54.2 Å².